The van der Waals surface area contributed by atoms with E-state index in [1.54, 1.807) is 13.1 Å². The van der Waals surface area contributed by atoms with Gasteiger partial charge in [0.25, 0.3) is 5.56 Å². The second-order valence-corrected chi connectivity index (χ2v) is 8.47. The van der Waals surface area contributed by atoms with Crippen LogP contribution in [0, 0.1) is 5.82 Å². The second-order valence-electron chi connectivity index (χ2n) is 6.80. The smallest absolute Gasteiger partial charge is 0.302 e. The molecular formula is C18H17F2N5O4S. The van der Waals surface area contributed by atoms with Gasteiger partial charge in [0.1, 0.15) is 23.6 Å². The Balaban J connectivity index is 1.60. The quantitative estimate of drug-likeness (QED) is 0.654. The van der Waals surface area contributed by atoms with Crippen LogP contribution in [0.5, 0.6) is 11.6 Å². The van der Waals surface area contributed by atoms with Gasteiger partial charge in [0, 0.05) is 32.3 Å². The number of halogens is 2. The van der Waals surface area contributed by atoms with Crippen LogP contribution in [0.25, 0.3) is 10.9 Å². The van der Waals surface area contributed by atoms with Crippen LogP contribution in [0.2, 0.25) is 0 Å². The number of ether oxygens (including phenoxy) is 1. The summed E-state index contributed by atoms with van der Waals surface area (Å²) in [5.74, 6) is -1.14. The number of pyridine rings is 1. The lowest BCUT2D eigenvalue weighted by molar-refractivity contribution is 0.343. The van der Waals surface area contributed by atoms with E-state index in [4.69, 9.17) is 4.74 Å². The SMILES string of the molecule is Cn1cnc2ccc(Oc3cc(F)cc(NS(=O)(=O)N4CCC(F)C4)n3)cc2c1=O. The van der Waals surface area contributed by atoms with Gasteiger partial charge >= 0.3 is 10.2 Å². The number of nitrogens with one attached hydrogen (secondary N) is 1. The predicted octanol–water partition coefficient (Wildman–Crippen LogP) is 1.96. The lowest BCUT2D eigenvalue weighted by Gasteiger charge is -2.16. The zero-order chi connectivity index (χ0) is 21.5. The number of alkyl halides is 1. The molecule has 4 rings (SSSR count). The Morgan fingerprint density at radius 1 is 1.27 bits per heavy atom. The standard InChI is InChI=1S/C18H17F2N5O4S/c1-24-10-21-15-3-2-13(8-14(15)18(24)26)29-17-7-12(20)6-16(22-17)23-30(27,28)25-5-4-11(19)9-25/h2-3,6-8,10-11H,4-5,9H2,1H3,(H,22,23). The molecule has 3 aromatic rings. The van der Waals surface area contributed by atoms with Gasteiger partial charge in [-0.3, -0.25) is 9.52 Å². The topological polar surface area (TPSA) is 106 Å². The van der Waals surface area contributed by atoms with Gasteiger partial charge in [0.05, 0.1) is 17.2 Å². The van der Waals surface area contributed by atoms with E-state index in [-0.39, 0.29) is 42.5 Å². The number of aryl methyl sites for hydroxylation is 1. The molecule has 1 N–H and O–H groups in total. The molecule has 1 unspecified atom stereocenters. The summed E-state index contributed by atoms with van der Waals surface area (Å²) in [5, 5.41) is 0.296. The van der Waals surface area contributed by atoms with Crippen molar-refractivity contribution in [3.05, 3.63) is 52.8 Å². The first-order chi connectivity index (χ1) is 14.2. The average Bonchev–Trinajstić information content (AvgIpc) is 3.12. The van der Waals surface area contributed by atoms with Crippen LogP contribution < -0.4 is 15.0 Å². The maximum atomic E-state index is 14.0. The molecule has 30 heavy (non-hydrogen) atoms. The summed E-state index contributed by atoms with van der Waals surface area (Å²) in [4.78, 5) is 20.3. The summed E-state index contributed by atoms with van der Waals surface area (Å²) in [6, 6.07) is 6.38. The van der Waals surface area contributed by atoms with E-state index in [2.05, 4.69) is 14.7 Å². The highest BCUT2D eigenvalue weighted by Crippen LogP contribution is 2.25. The molecule has 0 bridgehead atoms. The number of hydrogen-bond donors (Lipinski definition) is 1. The highest BCUT2D eigenvalue weighted by Gasteiger charge is 2.31. The first-order valence-electron chi connectivity index (χ1n) is 8.94. The summed E-state index contributed by atoms with van der Waals surface area (Å²) in [6.07, 6.45) is 0.252. The molecule has 9 nitrogen and oxygen atoms in total. The van der Waals surface area contributed by atoms with Gasteiger partial charge in [0.15, 0.2) is 0 Å². The minimum atomic E-state index is -4.09. The van der Waals surface area contributed by atoms with Crippen LogP contribution in [0.15, 0.2) is 41.5 Å². The third-order valence-corrected chi connectivity index (χ3v) is 6.02. The highest BCUT2D eigenvalue weighted by atomic mass is 32.2. The lowest BCUT2D eigenvalue weighted by atomic mass is 10.2. The maximum absolute atomic E-state index is 14.0. The third kappa shape index (κ3) is 4.09. The maximum Gasteiger partial charge on any atom is 0.302 e. The van der Waals surface area contributed by atoms with E-state index in [9.17, 15) is 22.0 Å². The number of nitrogens with zero attached hydrogens (tertiary/aromatic N) is 4. The number of aromatic nitrogens is 3. The van der Waals surface area contributed by atoms with E-state index in [1.807, 2.05) is 0 Å². The fourth-order valence-electron chi connectivity index (χ4n) is 3.06. The van der Waals surface area contributed by atoms with E-state index < -0.39 is 22.2 Å². The number of hydrogen-bond acceptors (Lipinski definition) is 6. The van der Waals surface area contributed by atoms with Crippen molar-refractivity contribution < 1.29 is 21.9 Å². The molecule has 0 radical (unpaired) electrons. The Labute approximate surface area is 170 Å². The Bertz CT molecular complexity index is 1280. The van der Waals surface area contributed by atoms with Crippen molar-refractivity contribution in [1.29, 1.82) is 0 Å². The number of rotatable bonds is 5. The molecule has 158 valence electrons. The van der Waals surface area contributed by atoms with Crippen molar-refractivity contribution in [3.8, 4) is 11.6 Å². The van der Waals surface area contributed by atoms with Crippen molar-refractivity contribution in [2.45, 2.75) is 12.6 Å². The Morgan fingerprint density at radius 2 is 2.07 bits per heavy atom. The van der Waals surface area contributed by atoms with Crippen molar-refractivity contribution in [2.24, 2.45) is 7.05 Å². The van der Waals surface area contributed by atoms with Gasteiger partial charge < -0.3 is 9.30 Å². The van der Waals surface area contributed by atoms with E-state index in [1.165, 1.54) is 23.0 Å². The summed E-state index contributed by atoms with van der Waals surface area (Å²) in [7, 11) is -2.53. The number of anilines is 1. The van der Waals surface area contributed by atoms with E-state index in [0.717, 1.165) is 16.4 Å². The van der Waals surface area contributed by atoms with Gasteiger partial charge in [-0.15, -0.1) is 0 Å². The van der Waals surface area contributed by atoms with Crippen LogP contribution in [0.1, 0.15) is 6.42 Å². The fourth-order valence-corrected chi connectivity index (χ4v) is 4.26. The van der Waals surface area contributed by atoms with Crippen molar-refractivity contribution in [2.75, 3.05) is 17.8 Å². The molecule has 1 aromatic carbocycles. The van der Waals surface area contributed by atoms with Crippen molar-refractivity contribution in [3.63, 3.8) is 0 Å². The van der Waals surface area contributed by atoms with Crippen LogP contribution in [-0.4, -0.2) is 46.5 Å². The van der Waals surface area contributed by atoms with Crippen LogP contribution >= 0.6 is 0 Å². The summed E-state index contributed by atoms with van der Waals surface area (Å²) in [6.45, 7) is -0.247. The average molecular weight is 437 g/mol. The molecule has 12 heteroatoms. The second kappa shape index (κ2) is 7.61. The molecule has 0 amide bonds. The molecule has 1 saturated heterocycles. The van der Waals surface area contributed by atoms with Crippen LogP contribution in [0.4, 0.5) is 14.6 Å². The molecule has 0 aliphatic carbocycles. The molecular weight excluding hydrogens is 420 g/mol. The van der Waals surface area contributed by atoms with E-state index >= 15 is 0 Å². The minimum Gasteiger partial charge on any atom is -0.439 e. The Kier molecular flexibility index (Phi) is 5.12. The van der Waals surface area contributed by atoms with Gasteiger partial charge in [-0.1, -0.05) is 0 Å². The normalized spacial score (nSPS) is 17.4. The molecule has 0 spiro atoms. The zero-order valence-electron chi connectivity index (χ0n) is 15.7. The first-order valence-corrected chi connectivity index (χ1v) is 10.4. The molecule has 1 fully saturated rings. The number of benzene rings is 1. The summed E-state index contributed by atoms with van der Waals surface area (Å²) in [5.41, 5.74) is 0.172. The molecule has 2 aromatic heterocycles. The minimum absolute atomic E-state index is 0.0231. The number of fused-ring (bicyclic) bond motifs is 1. The van der Waals surface area contributed by atoms with Crippen LogP contribution in [0.3, 0.4) is 0 Å². The van der Waals surface area contributed by atoms with Gasteiger partial charge in [-0.25, -0.2) is 13.8 Å². The largest absolute Gasteiger partial charge is 0.439 e. The highest BCUT2D eigenvalue weighted by molar-refractivity contribution is 7.90. The summed E-state index contributed by atoms with van der Waals surface area (Å²) < 4.78 is 61.9. The fraction of sp³-hybridized carbons (Fsp3) is 0.278. The molecule has 3 heterocycles. The van der Waals surface area contributed by atoms with Crippen molar-refractivity contribution in [1.82, 2.24) is 18.8 Å². The lowest BCUT2D eigenvalue weighted by Crippen LogP contribution is -2.34. The monoisotopic (exact) mass is 437 g/mol. The predicted molar refractivity (Wildman–Crippen MR) is 105 cm³/mol. The van der Waals surface area contributed by atoms with Crippen molar-refractivity contribution >= 4 is 26.9 Å². The molecule has 1 aliphatic rings. The third-order valence-electron chi connectivity index (χ3n) is 4.54. The zero-order valence-corrected chi connectivity index (χ0v) is 16.6. The molecule has 0 saturated carbocycles. The van der Waals surface area contributed by atoms with Gasteiger partial charge in [-0.2, -0.15) is 17.7 Å². The molecule has 1 aliphatic heterocycles. The van der Waals surface area contributed by atoms with Crippen LogP contribution in [-0.2, 0) is 17.3 Å². The first kappa shape index (κ1) is 20.2. The van der Waals surface area contributed by atoms with Gasteiger partial charge in [0.2, 0.25) is 5.88 Å². The Hall–Kier alpha value is -3.12. The summed E-state index contributed by atoms with van der Waals surface area (Å²) >= 11 is 0. The Morgan fingerprint density at radius 3 is 2.80 bits per heavy atom. The van der Waals surface area contributed by atoms with Gasteiger partial charge in [-0.05, 0) is 24.6 Å². The molecule has 1 atom stereocenters. The van der Waals surface area contributed by atoms with E-state index in [0.29, 0.717) is 10.9 Å².